The van der Waals surface area contributed by atoms with Gasteiger partial charge in [0.05, 0.1) is 23.2 Å². The van der Waals surface area contributed by atoms with Crippen LogP contribution in [0.2, 0.25) is 0 Å². The van der Waals surface area contributed by atoms with Gasteiger partial charge in [-0.1, -0.05) is 0 Å². The summed E-state index contributed by atoms with van der Waals surface area (Å²) >= 11 is 0. The minimum atomic E-state index is -4.97. The van der Waals surface area contributed by atoms with E-state index < -0.39 is 46.8 Å². The van der Waals surface area contributed by atoms with Gasteiger partial charge in [0, 0.05) is 19.5 Å². The van der Waals surface area contributed by atoms with Gasteiger partial charge in [0.1, 0.15) is 0 Å². The number of ketones is 1. The SMILES string of the molecule is CC1(C)NCCN(CC(=O)Cc2cc(C(F)(F)F)cc(C(F)(F)F)c2)C1=O. The number of nitrogens with one attached hydrogen (secondary N) is 1. The Balaban J connectivity index is 2.21. The largest absolute Gasteiger partial charge is 0.416 e. The molecule has 1 heterocycles. The maximum Gasteiger partial charge on any atom is 0.416 e. The number of Topliss-reactive ketones (excluding diaryl/α,β-unsaturated/α-hetero) is 1. The van der Waals surface area contributed by atoms with Gasteiger partial charge in [-0.25, -0.2) is 0 Å². The number of halogens is 6. The highest BCUT2D eigenvalue weighted by Gasteiger charge is 2.38. The molecule has 1 aromatic carbocycles. The van der Waals surface area contributed by atoms with Gasteiger partial charge in [0.15, 0.2) is 5.78 Å². The van der Waals surface area contributed by atoms with E-state index in [9.17, 15) is 35.9 Å². The lowest BCUT2D eigenvalue weighted by atomic mass is 9.99. The number of hydrogen-bond acceptors (Lipinski definition) is 3. The molecular weight excluding hydrogens is 378 g/mol. The minimum absolute atomic E-state index is 0.0102. The van der Waals surface area contributed by atoms with E-state index in [4.69, 9.17) is 0 Å². The first-order valence-electron chi connectivity index (χ1n) is 8.04. The molecule has 0 aromatic heterocycles. The lowest BCUT2D eigenvalue weighted by Gasteiger charge is -2.37. The zero-order valence-electron chi connectivity index (χ0n) is 14.6. The molecule has 0 radical (unpaired) electrons. The first-order valence-corrected chi connectivity index (χ1v) is 8.04. The number of amides is 1. The van der Waals surface area contributed by atoms with Crippen molar-refractivity contribution in [3.05, 3.63) is 34.9 Å². The van der Waals surface area contributed by atoms with Crippen molar-refractivity contribution in [1.29, 1.82) is 0 Å². The Hall–Kier alpha value is -2.10. The molecule has 1 aliphatic heterocycles. The average molecular weight is 396 g/mol. The Morgan fingerprint density at radius 3 is 2.07 bits per heavy atom. The predicted octanol–water partition coefficient (Wildman–Crippen LogP) is 3.05. The van der Waals surface area contributed by atoms with Crippen LogP contribution < -0.4 is 5.32 Å². The molecule has 0 saturated carbocycles. The molecule has 1 amide bonds. The number of alkyl halides is 6. The van der Waals surface area contributed by atoms with Crippen molar-refractivity contribution in [2.24, 2.45) is 0 Å². The first-order chi connectivity index (χ1) is 12.2. The van der Waals surface area contributed by atoms with Crippen LogP contribution in [0, 0.1) is 0 Å². The highest BCUT2D eigenvalue weighted by molar-refractivity contribution is 5.91. The molecule has 0 bridgehead atoms. The number of carbonyl (C=O) groups excluding carboxylic acids is 2. The number of hydrogen-bond donors (Lipinski definition) is 1. The van der Waals surface area contributed by atoms with E-state index >= 15 is 0 Å². The molecule has 2 rings (SSSR count). The van der Waals surface area contributed by atoms with Crippen LogP contribution in [0.25, 0.3) is 0 Å². The molecule has 1 N–H and O–H groups in total. The molecule has 1 aliphatic rings. The highest BCUT2D eigenvalue weighted by atomic mass is 19.4. The molecule has 27 heavy (non-hydrogen) atoms. The maximum atomic E-state index is 12.9. The Bertz CT molecular complexity index is 708. The quantitative estimate of drug-likeness (QED) is 0.796. The molecule has 0 spiro atoms. The van der Waals surface area contributed by atoms with Crippen molar-refractivity contribution in [3.63, 3.8) is 0 Å². The Labute approximate surface area is 151 Å². The summed E-state index contributed by atoms with van der Waals surface area (Å²) in [5, 5.41) is 2.96. The van der Waals surface area contributed by atoms with Gasteiger partial charge in [-0.2, -0.15) is 26.3 Å². The van der Waals surface area contributed by atoms with Crippen LogP contribution in [0.5, 0.6) is 0 Å². The summed E-state index contributed by atoms with van der Waals surface area (Å²) in [6, 6.07) is 1.06. The van der Waals surface area contributed by atoms with Crippen LogP contribution in [0.15, 0.2) is 18.2 Å². The van der Waals surface area contributed by atoms with Crippen LogP contribution in [0.4, 0.5) is 26.3 Å². The summed E-state index contributed by atoms with van der Waals surface area (Å²) in [6.07, 6.45) is -10.6. The first kappa shape index (κ1) is 21.2. The van der Waals surface area contributed by atoms with Crippen molar-refractivity contribution in [2.45, 2.75) is 38.2 Å². The molecule has 150 valence electrons. The fourth-order valence-electron chi connectivity index (χ4n) is 2.84. The lowest BCUT2D eigenvalue weighted by Crippen LogP contribution is -2.62. The standard InChI is InChI=1S/C17H18F6N2O2/c1-15(2)14(27)25(4-3-24-15)9-13(26)7-10-5-11(16(18,19)20)8-12(6-10)17(21,22)23/h5-6,8,24H,3-4,7,9H2,1-2H3. The zero-order valence-corrected chi connectivity index (χ0v) is 14.6. The number of nitrogens with zero attached hydrogens (tertiary/aromatic N) is 1. The maximum absolute atomic E-state index is 12.9. The molecular formula is C17H18F6N2O2. The van der Waals surface area contributed by atoms with Crippen molar-refractivity contribution < 1.29 is 35.9 Å². The second kappa shape index (κ2) is 7.14. The predicted molar refractivity (Wildman–Crippen MR) is 83.8 cm³/mol. The van der Waals surface area contributed by atoms with E-state index in [0.717, 1.165) is 0 Å². The third kappa shape index (κ3) is 5.21. The van der Waals surface area contributed by atoms with Gasteiger partial charge in [-0.05, 0) is 37.6 Å². The summed E-state index contributed by atoms with van der Waals surface area (Å²) in [6.45, 7) is 3.52. The summed E-state index contributed by atoms with van der Waals surface area (Å²) < 4.78 is 77.2. The third-order valence-electron chi connectivity index (χ3n) is 4.19. The number of piperazine rings is 1. The van der Waals surface area contributed by atoms with Crippen LogP contribution in [0.1, 0.15) is 30.5 Å². The average Bonchev–Trinajstić information content (AvgIpc) is 2.49. The molecule has 10 heteroatoms. The highest BCUT2D eigenvalue weighted by Crippen LogP contribution is 2.36. The Kier molecular flexibility index (Phi) is 5.61. The van der Waals surface area contributed by atoms with Crippen molar-refractivity contribution in [1.82, 2.24) is 10.2 Å². The minimum Gasteiger partial charge on any atom is -0.333 e. The topological polar surface area (TPSA) is 49.4 Å². The normalized spacial score (nSPS) is 17.9. The summed E-state index contributed by atoms with van der Waals surface area (Å²) in [5.41, 5.74) is -4.24. The molecule has 0 unspecified atom stereocenters. The van der Waals surface area contributed by atoms with Crippen LogP contribution in [0.3, 0.4) is 0 Å². The lowest BCUT2D eigenvalue weighted by molar-refractivity contribution is -0.143. The Morgan fingerprint density at radius 2 is 1.59 bits per heavy atom. The van der Waals surface area contributed by atoms with E-state index in [0.29, 0.717) is 18.7 Å². The van der Waals surface area contributed by atoms with Gasteiger partial charge < -0.3 is 10.2 Å². The summed E-state index contributed by atoms with van der Waals surface area (Å²) in [5.74, 6) is -1.00. The smallest absolute Gasteiger partial charge is 0.333 e. The number of benzene rings is 1. The fraction of sp³-hybridized carbons (Fsp3) is 0.529. The van der Waals surface area contributed by atoms with E-state index in [1.807, 2.05) is 0 Å². The summed E-state index contributed by atoms with van der Waals surface area (Å²) in [7, 11) is 0. The molecule has 4 nitrogen and oxygen atoms in total. The molecule has 1 aromatic rings. The van der Waals surface area contributed by atoms with E-state index in [2.05, 4.69) is 5.32 Å². The van der Waals surface area contributed by atoms with E-state index in [-0.39, 0.29) is 25.1 Å². The van der Waals surface area contributed by atoms with Crippen LogP contribution in [-0.4, -0.2) is 41.8 Å². The van der Waals surface area contributed by atoms with Gasteiger partial charge in [-0.15, -0.1) is 0 Å². The van der Waals surface area contributed by atoms with Crippen molar-refractivity contribution >= 4 is 11.7 Å². The molecule has 1 saturated heterocycles. The molecule has 0 aliphatic carbocycles. The molecule has 1 fully saturated rings. The van der Waals surface area contributed by atoms with Crippen LogP contribution >= 0.6 is 0 Å². The van der Waals surface area contributed by atoms with Gasteiger partial charge in [0.25, 0.3) is 0 Å². The van der Waals surface area contributed by atoms with E-state index in [1.165, 1.54) is 4.90 Å². The molecule has 0 atom stereocenters. The van der Waals surface area contributed by atoms with E-state index in [1.54, 1.807) is 13.8 Å². The van der Waals surface area contributed by atoms with Gasteiger partial charge in [-0.3, -0.25) is 9.59 Å². The number of carbonyl (C=O) groups is 2. The second-order valence-electron chi connectivity index (χ2n) is 6.91. The van der Waals surface area contributed by atoms with Crippen molar-refractivity contribution in [2.75, 3.05) is 19.6 Å². The van der Waals surface area contributed by atoms with Crippen molar-refractivity contribution in [3.8, 4) is 0 Å². The van der Waals surface area contributed by atoms with Crippen LogP contribution in [-0.2, 0) is 28.4 Å². The summed E-state index contributed by atoms with van der Waals surface area (Å²) in [4.78, 5) is 25.6. The number of rotatable bonds is 4. The second-order valence-corrected chi connectivity index (χ2v) is 6.91. The third-order valence-corrected chi connectivity index (χ3v) is 4.19. The zero-order chi connectivity index (χ0) is 20.6. The van der Waals surface area contributed by atoms with Gasteiger partial charge in [0.2, 0.25) is 5.91 Å². The Morgan fingerprint density at radius 1 is 1.07 bits per heavy atom. The van der Waals surface area contributed by atoms with Gasteiger partial charge >= 0.3 is 12.4 Å². The fourth-order valence-corrected chi connectivity index (χ4v) is 2.84. The monoisotopic (exact) mass is 396 g/mol.